The molecule has 0 fully saturated rings. The molecule has 0 aromatic carbocycles. The van der Waals surface area contributed by atoms with E-state index in [1.165, 1.54) is 0 Å². The fourth-order valence-electron chi connectivity index (χ4n) is 1.14. The van der Waals surface area contributed by atoms with Crippen molar-refractivity contribution in [1.29, 1.82) is 0 Å². The van der Waals surface area contributed by atoms with Gasteiger partial charge in [0.1, 0.15) is 0 Å². The molecule has 0 spiro atoms. The molecule has 108 valence electrons. The van der Waals surface area contributed by atoms with Crippen molar-refractivity contribution in [2.45, 2.75) is 6.92 Å². The summed E-state index contributed by atoms with van der Waals surface area (Å²) in [4.78, 5) is 11.1. The van der Waals surface area contributed by atoms with Gasteiger partial charge in [0, 0.05) is 24.2 Å². The van der Waals surface area contributed by atoms with Crippen molar-refractivity contribution in [3.8, 4) is 0 Å². The van der Waals surface area contributed by atoms with E-state index in [1.54, 1.807) is 0 Å². The summed E-state index contributed by atoms with van der Waals surface area (Å²) in [6.07, 6.45) is 0. The summed E-state index contributed by atoms with van der Waals surface area (Å²) in [5, 5.41) is 8.87. The Morgan fingerprint density at radius 1 is 1.06 bits per heavy atom. The van der Waals surface area contributed by atoms with Crippen LogP contribution in [0.2, 0.25) is 0 Å². The van der Waals surface area contributed by atoms with Gasteiger partial charge < -0.3 is 25.4 Å². The minimum atomic E-state index is 0.0172. The van der Waals surface area contributed by atoms with Crippen molar-refractivity contribution < 1.29 is 14.3 Å². The number of carbonyl (C=O) groups excluding carboxylic acids is 1. The second-order valence-corrected chi connectivity index (χ2v) is 4.25. The van der Waals surface area contributed by atoms with E-state index < -0.39 is 0 Å². The number of halogens is 1. The number of ether oxygens (including phenoxy) is 2. The van der Waals surface area contributed by atoms with E-state index in [1.807, 2.05) is 6.92 Å². The molecule has 3 N–H and O–H groups in total. The normalized spacial score (nSPS) is 10.6. The second-order valence-electron chi connectivity index (χ2n) is 3.49. The fraction of sp³-hybridized carbons (Fsp3) is 0.909. The van der Waals surface area contributed by atoms with Gasteiger partial charge in [-0.1, -0.05) is 22.6 Å². The summed E-state index contributed by atoms with van der Waals surface area (Å²) >= 11 is 2.26. The number of amides is 1. The number of likely N-dealkylation sites (N-methyl/N-ethyl adjacent to an activating group) is 1. The van der Waals surface area contributed by atoms with Gasteiger partial charge in [0.05, 0.1) is 33.0 Å². The van der Waals surface area contributed by atoms with E-state index in [9.17, 15) is 4.79 Å². The highest BCUT2D eigenvalue weighted by Crippen LogP contribution is 1.79. The lowest BCUT2D eigenvalue weighted by molar-refractivity contribution is -0.120. The first kappa shape index (κ1) is 18.0. The molecular formula is C11H24IN3O3. The molecule has 7 heteroatoms. The van der Waals surface area contributed by atoms with E-state index in [-0.39, 0.29) is 5.91 Å². The Balaban J connectivity index is 3.01. The van der Waals surface area contributed by atoms with Crippen LogP contribution in [0.5, 0.6) is 0 Å². The van der Waals surface area contributed by atoms with Gasteiger partial charge in [0.2, 0.25) is 5.91 Å². The average molecular weight is 373 g/mol. The number of carbonyl (C=O) groups is 1. The molecule has 0 aliphatic heterocycles. The highest BCUT2D eigenvalue weighted by atomic mass is 127. The van der Waals surface area contributed by atoms with Crippen molar-refractivity contribution in [1.82, 2.24) is 16.0 Å². The number of hydrogen-bond donors (Lipinski definition) is 3. The standard InChI is InChI=1S/C11H24IN3O3/c1-2-15-11(16)9-13-3-5-17-7-8-18-6-4-14-10-12/h13-14H,2-10H2,1H3,(H,15,16). The van der Waals surface area contributed by atoms with E-state index in [0.29, 0.717) is 46.1 Å². The lowest BCUT2D eigenvalue weighted by atomic mass is 10.5. The monoisotopic (exact) mass is 373 g/mol. The molecule has 18 heavy (non-hydrogen) atoms. The number of rotatable bonds is 13. The molecule has 0 unspecified atom stereocenters. The Morgan fingerprint density at radius 2 is 1.67 bits per heavy atom. The molecule has 0 saturated carbocycles. The van der Waals surface area contributed by atoms with Crippen LogP contribution in [0.3, 0.4) is 0 Å². The Kier molecular flexibility index (Phi) is 15.1. The molecule has 0 aliphatic rings. The largest absolute Gasteiger partial charge is 0.378 e. The van der Waals surface area contributed by atoms with Crippen LogP contribution in [0.4, 0.5) is 0 Å². The quantitative estimate of drug-likeness (QED) is 0.179. The molecule has 0 heterocycles. The number of hydrogen-bond acceptors (Lipinski definition) is 5. The number of alkyl halides is 1. The molecule has 0 aromatic heterocycles. The topological polar surface area (TPSA) is 71.6 Å². The number of nitrogens with one attached hydrogen (secondary N) is 3. The SMILES string of the molecule is CCNC(=O)CNCCOCCOCCNCI. The van der Waals surface area contributed by atoms with Crippen LogP contribution in [-0.4, -0.2) is 63.1 Å². The second kappa shape index (κ2) is 15.1. The van der Waals surface area contributed by atoms with Gasteiger partial charge in [-0.25, -0.2) is 0 Å². The van der Waals surface area contributed by atoms with Gasteiger partial charge in [0.25, 0.3) is 0 Å². The highest BCUT2D eigenvalue weighted by molar-refractivity contribution is 14.1. The maximum Gasteiger partial charge on any atom is 0.233 e. The van der Waals surface area contributed by atoms with Gasteiger partial charge in [-0.2, -0.15) is 0 Å². The zero-order valence-electron chi connectivity index (χ0n) is 11.0. The maximum atomic E-state index is 11.1. The molecule has 0 saturated heterocycles. The summed E-state index contributed by atoms with van der Waals surface area (Å²) in [6, 6.07) is 0. The average Bonchev–Trinajstić information content (AvgIpc) is 2.36. The molecule has 6 nitrogen and oxygen atoms in total. The van der Waals surface area contributed by atoms with Crippen LogP contribution in [0.1, 0.15) is 6.92 Å². The highest BCUT2D eigenvalue weighted by Gasteiger charge is 1.97. The Labute approximate surface area is 123 Å². The summed E-state index contributed by atoms with van der Waals surface area (Å²) in [5.41, 5.74) is 0. The smallest absolute Gasteiger partial charge is 0.233 e. The molecule has 0 aliphatic carbocycles. The molecule has 1 amide bonds. The van der Waals surface area contributed by atoms with E-state index in [4.69, 9.17) is 9.47 Å². The molecule has 0 radical (unpaired) electrons. The van der Waals surface area contributed by atoms with Crippen molar-refractivity contribution in [2.75, 3.05) is 57.2 Å². The zero-order chi connectivity index (χ0) is 13.5. The van der Waals surface area contributed by atoms with Crippen LogP contribution >= 0.6 is 22.6 Å². The third-order valence-electron chi connectivity index (χ3n) is 1.97. The lowest BCUT2D eigenvalue weighted by Crippen LogP contribution is -2.35. The van der Waals surface area contributed by atoms with Crippen LogP contribution in [0.15, 0.2) is 0 Å². The van der Waals surface area contributed by atoms with Gasteiger partial charge in [-0.3, -0.25) is 4.79 Å². The predicted molar refractivity (Wildman–Crippen MR) is 80.1 cm³/mol. The molecule has 0 rings (SSSR count). The molecule has 0 atom stereocenters. The first-order chi connectivity index (χ1) is 8.81. The van der Waals surface area contributed by atoms with E-state index in [2.05, 4.69) is 38.5 Å². The minimum absolute atomic E-state index is 0.0172. The summed E-state index contributed by atoms with van der Waals surface area (Å²) in [5.74, 6) is 0.0172. The van der Waals surface area contributed by atoms with Crippen molar-refractivity contribution in [3.63, 3.8) is 0 Å². The predicted octanol–water partition coefficient (Wildman–Crippen LogP) is -0.273. The van der Waals surface area contributed by atoms with Gasteiger partial charge in [-0.05, 0) is 6.92 Å². The van der Waals surface area contributed by atoms with Crippen LogP contribution in [0, 0.1) is 0 Å². The van der Waals surface area contributed by atoms with Gasteiger partial charge >= 0.3 is 0 Å². The van der Waals surface area contributed by atoms with Crippen molar-refractivity contribution in [2.24, 2.45) is 0 Å². The van der Waals surface area contributed by atoms with Crippen molar-refractivity contribution in [3.05, 3.63) is 0 Å². The fourth-order valence-corrected chi connectivity index (χ4v) is 1.52. The molecular weight excluding hydrogens is 349 g/mol. The third-order valence-corrected chi connectivity index (χ3v) is 2.51. The summed E-state index contributed by atoms with van der Waals surface area (Å²) in [7, 11) is 0. The van der Waals surface area contributed by atoms with Crippen LogP contribution < -0.4 is 16.0 Å². The maximum absolute atomic E-state index is 11.1. The Morgan fingerprint density at radius 3 is 2.22 bits per heavy atom. The molecule has 0 bridgehead atoms. The first-order valence-electron chi connectivity index (χ1n) is 6.20. The summed E-state index contributed by atoms with van der Waals surface area (Å²) in [6.45, 7) is 6.96. The van der Waals surface area contributed by atoms with E-state index >= 15 is 0 Å². The lowest BCUT2D eigenvalue weighted by Gasteiger charge is -2.07. The van der Waals surface area contributed by atoms with Gasteiger partial charge in [0.15, 0.2) is 0 Å². The van der Waals surface area contributed by atoms with E-state index in [0.717, 1.165) is 11.1 Å². The van der Waals surface area contributed by atoms with Crippen molar-refractivity contribution >= 4 is 28.5 Å². The molecule has 0 aromatic rings. The summed E-state index contributed by atoms with van der Waals surface area (Å²) < 4.78 is 11.6. The van der Waals surface area contributed by atoms with Crippen LogP contribution in [0.25, 0.3) is 0 Å². The zero-order valence-corrected chi connectivity index (χ0v) is 13.1. The van der Waals surface area contributed by atoms with Gasteiger partial charge in [-0.15, -0.1) is 0 Å². The Hall–Kier alpha value is 0.0400. The minimum Gasteiger partial charge on any atom is -0.378 e. The van der Waals surface area contributed by atoms with Crippen LogP contribution in [-0.2, 0) is 14.3 Å². The third kappa shape index (κ3) is 14.1. The first-order valence-corrected chi connectivity index (χ1v) is 7.73. The Bertz CT molecular complexity index is 196.